The van der Waals surface area contributed by atoms with Crippen molar-refractivity contribution < 1.29 is 18.5 Å². The molecular formula is C11H10N6O4. The first-order valence-electron chi connectivity index (χ1n) is 6.07. The van der Waals surface area contributed by atoms with Crippen LogP contribution in [0.2, 0.25) is 0 Å². The van der Waals surface area contributed by atoms with Crippen LogP contribution >= 0.6 is 0 Å². The molecule has 108 valence electrons. The molecule has 10 heteroatoms. The van der Waals surface area contributed by atoms with E-state index in [0.717, 1.165) is 0 Å². The van der Waals surface area contributed by atoms with E-state index in [4.69, 9.17) is 13.7 Å². The Hall–Kier alpha value is -3.04. The van der Waals surface area contributed by atoms with Crippen molar-refractivity contribution in [3.8, 4) is 11.6 Å². The molecule has 21 heavy (non-hydrogen) atoms. The Kier molecular flexibility index (Phi) is 3.41. The highest BCUT2D eigenvalue weighted by atomic mass is 16.5. The second-order valence-electron chi connectivity index (χ2n) is 3.87. The Morgan fingerprint density at radius 3 is 3.14 bits per heavy atom. The molecule has 0 N–H and O–H groups in total. The number of hydrogen-bond donors (Lipinski definition) is 0. The van der Waals surface area contributed by atoms with Gasteiger partial charge in [0.1, 0.15) is 6.54 Å². The van der Waals surface area contributed by atoms with Gasteiger partial charge in [-0.05, 0) is 29.5 Å². The lowest BCUT2D eigenvalue weighted by Gasteiger charge is -2.00. The Bertz CT molecular complexity index is 732. The van der Waals surface area contributed by atoms with E-state index in [1.165, 1.54) is 10.9 Å². The van der Waals surface area contributed by atoms with Gasteiger partial charge in [0.15, 0.2) is 5.76 Å². The zero-order valence-electron chi connectivity index (χ0n) is 11.0. The topological polar surface area (TPSA) is 122 Å². The van der Waals surface area contributed by atoms with Crippen molar-refractivity contribution in [2.24, 2.45) is 0 Å². The Morgan fingerprint density at radius 2 is 2.38 bits per heavy atom. The Balaban J connectivity index is 1.79. The summed E-state index contributed by atoms with van der Waals surface area (Å²) in [6.45, 7) is 1.98. The van der Waals surface area contributed by atoms with Gasteiger partial charge < -0.3 is 13.7 Å². The fourth-order valence-electron chi connectivity index (χ4n) is 1.61. The molecule has 0 saturated heterocycles. The lowest BCUT2D eigenvalue weighted by atomic mass is 10.4. The van der Waals surface area contributed by atoms with Crippen LogP contribution in [0.1, 0.15) is 23.4 Å². The van der Waals surface area contributed by atoms with Gasteiger partial charge in [-0.25, -0.2) is 9.48 Å². The third kappa shape index (κ3) is 2.63. The maximum atomic E-state index is 11.6. The van der Waals surface area contributed by atoms with Gasteiger partial charge in [-0.2, -0.15) is 4.98 Å². The summed E-state index contributed by atoms with van der Waals surface area (Å²) in [5, 5.41) is 14.5. The summed E-state index contributed by atoms with van der Waals surface area (Å²) in [6, 6.07) is 3.42. The van der Waals surface area contributed by atoms with Gasteiger partial charge in [0.2, 0.25) is 11.7 Å². The van der Waals surface area contributed by atoms with Crippen LogP contribution in [0.15, 0.2) is 27.3 Å². The molecule has 0 aliphatic carbocycles. The molecule has 3 aromatic heterocycles. The molecule has 3 aromatic rings. The predicted molar refractivity (Wildman–Crippen MR) is 64.9 cm³/mol. The minimum atomic E-state index is -0.617. The van der Waals surface area contributed by atoms with Crippen LogP contribution in [-0.2, 0) is 11.3 Å². The number of carbonyl (C=O) groups excluding carboxylic acids is 1. The molecule has 0 unspecified atom stereocenters. The number of rotatable bonds is 5. The molecular weight excluding hydrogens is 280 g/mol. The SMILES string of the molecule is CCOC(=O)c1nnnn1Cc1nc(-c2ccco2)no1. The molecule has 0 fully saturated rings. The van der Waals surface area contributed by atoms with E-state index in [2.05, 4.69) is 25.7 Å². The molecule has 0 bridgehead atoms. The Morgan fingerprint density at radius 1 is 1.48 bits per heavy atom. The standard InChI is InChI=1S/C11H10N6O4/c1-2-19-11(18)10-13-15-16-17(10)6-8-12-9(14-21-8)7-4-3-5-20-7/h3-5H,2,6H2,1H3. The van der Waals surface area contributed by atoms with Crippen LogP contribution in [0, 0.1) is 0 Å². The van der Waals surface area contributed by atoms with E-state index >= 15 is 0 Å². The largest absolute Gasteiger partial charge is 0.461 e. The van der Waals surface area contributed by atoms with E-state index in [1.54, 1.807) is 19.1 Å². The van der Waals surface area contributed by atoms with Crippen LogP contribution in [-0.4, -0.2) is 42.9 Å². The summed E-state index contributed by atoms with van der Waals surface area (Å²) in [5.41, 5.74) is 0. The number of tetrazole rings is 1. The summed E-state index contributed by atoms with van der Waals surface area (Å²) >= 11 is 0. The predicted octanol–water partition coefficient (Wildman–Crippen LogP) is 0.541. The van der Waals surface area contributed by atoms with E-state index in [-0.39, 0.29) is 24.9 Å². The first-order valence-corrected chi connectivity index (χ1v) is 6.07. The quantitative estimate of drug-likeness (QED) is 0.619. The second kappa shape index (κ2) is 5.53. The fourth-order valence-corrected chi connectivity index (χ4v) is 1.61. The molecule has 0 aliphatic rings. The minimum absolute atomic E-state index is 0.0328. The zero-order valence-corrected chi connectivity index (χ0v) is 11.0. The van der Waals surface area contributed by atoms with Crippen LogP contribution in [0.5, 0.6) is 0 Å². The monoisotopic (exact) mass is 290 g/mol. The number of furan rings is 1. The molecule has 0 spiro atoms. The number of hydrogen-bond acceptors (Lipinski definition) is 9. The summed E-state index contributed by atoms with van der Waals surface area (Å²) < 4.78 is 16.3. The lowest BCUT2D eigenvalue weighted by molar-refractivity contribution is 0.0504. The summed E-state index contributed by atoms with van der Waals surface area (Å²) in [6.07, 6.45) is 1.51. The third-order valence-electron chi connectivity index (χ3n) is 2.48. The third-order valence-corrected chi connectivity index (χ3v) is 2.48. The van der Waals surface area contributed by atoms with Gasteiger partial charge in [-0.3, -0.25) is 0 Å². The zero-order chi connectivity index (χ0) is 14.7. The molecule has 3 heterocycles. The highest BCUT2D eigenvalue weighted by Crippen LogP contribution is 2.16. The van der Waals surface area contributed by atoms with Crippen molar-refractivity contribution in [1.29, 1.82) is 0 Å². The molecule has 0 amide bonds. The van der Waals surface area contributed by atoms with Crippen molar-refractivity contribution >= 4 is 5.97 Å². The van der Waals surface area contributed by atoms with Crippen LogP contribution in [0.4, 0.5) is 0 Å². The molecule has 10 nitrogen and oxygen atoms in total. The van der Waals surface area contributed by atoms with E-state index in [9.17, 15) is 4.79 Å². The maximum absolute atomic E-state index is 11.6. The highest BCUT2D eigenvalue weighted by Gasteiger charge is 2.19. The normalized spacial score (nSPS) is 10.7. The fraction of sp³-hybridized carbons (Fsp3) is 0.273. The van der Waals surface area contributed by atoms with Crippen LogP contribution < -0.4 is 0 Å². The number of aromatic nitrogens is 6. The molecule has 0 aromatic carbocycles. The number of ether oxygens (including phenoxy) is 1. The van der Waals surface area contributed by atoms with Crippen molar-refractivity contribution in [3.05, 3.63) is 30.1 Å². The number of esters is 1. The Labute approximate surface area is 117 Å². The van der Waals surface area contributed by atoms with Gasteiger partial charge in [-0.15, -0.1) is 5.10 Å². The van der Waals surface area contributed by atoms with E-state index in [1.807, 2.05) is 0 Å². The number of nitrogens with zero attached hydrogens (tertiary/aromatic N) is 6. The van der Waals surface area contributed by atoms with Crippen molar-refractivity contribution in [2.45, 2.75) is 13.5 Å². The molecule has 0 saturated carbocycles. The average molecular weight is 290 g/mol. The van der Waals surface area contributed by atoms with E-state index < -0.39 is 5.97 Å². The lowest BCUT2D eigenvalue weighted by Crippen LogP contribution is -2.15. The highest BCUT2D eigenvalue weighted by molar-refractivity contribution is 5.85. The maximum Gasteiger partial charge on any atom is 0.378 e. The number of carbonyl (C=O) groups is 1. The summed E-state index contributed by atoms with van der Waals surface area (Å²) in [4.78, 5) is 15.8. The summed E-state index contributed by atoms with van der Waals surface area (Å²) in [7, 11) is 0. The van der Waals surface area contributed by atoms with Crippen molar-refractivity contribution in [3.63, 3.8) is 0 Å². The first kappa shape index (κ1) is 13.0. The second-order valence-corrected chi connectivity index (χ2v) is 3.87. The molecule has 0 radical (unpaired) electrons. The van der Waals surface area contributed by atoms with Gasteiger partial charge in [-0.1, -0.05) is 5.16 Å². The first-order chi connectivity index (χ1) is 10.3. The van der Waals surface area contributed by atoms with Gasteiger partial charge in [0, 0.05) is 0 Å². The smallest absolute Gasteiger partial charge is 0.378 e. The molecule has 3 rings (SSSR count). The summed E-state index contributed by atoms with van der Waals surface area (Å²) in [5.74, 6) is 0.371. The average Bonchev–Trinajstić information content (AvgIpc) is 3.20. The molecule has 0 aliphatic heterocycles. The van der Waals surface area contributed by atoms with Crippen molar-refractivity contribution in [2.75, 3.05) is 6.61 Å². The van der Waals surface area contributed by atoms with Gasteiger partial charge in [0.25, 0.3) is 5.82 Å². The van der Waals surface area contributed by atoms with Crippen molar-refractivity contribution in [1.82, 2.24) is 30.3 Å². The van der Waals surface area contributed by atoms with E-state index in [0.29, 0.717) is 11.6 Å². The molecule has 0 atom stereocenters. The van der Waals surface area contributed by atoms with Crippen LogP contribution in [0.3, 0.4) is 0 Å². The van der Waals surface area contributed by atoms with Gasteiger partial charge >= 0.3 is 5.97 Å². The minimum Gasteiger partial charge on any atom is -0.461 e. The van der Waals surface area contributed by atoms with Crippen LogP contribution in [0.25, 0.3) is 11.6 Å². The van der Waals surface area contributed by atoms with Gasteiger partial charge in [0.05, 0.1) is 12.9 Å².